The number of imidazole rings is 1. The van der Waals surface area contributed by atoms with Gasteiger partial charge in [-0.3, -0.25) is 81.5 Å². The van der Waals surface area contributed by atoms with Crippen molar-refractivity contribution in [2.45, 2.75) is 228 Å². The van der Waals surface area contributed by atoms with Gasteiger partial charge < -0.3 is 130 Å². The predicted molar refractivity (Wildman–Crippen MR) is 495 cm³/mol. The third kappa shape index (κ3) is 28.3. The molecule has 4 aliphatic rings. The molecule has 135 heavy (non-hydrogen) atoms. The number of nitrogens with one attached hydrogen (secondary N) is 14. The van der Waals surface area contributed by atoms with Gasteiger partial charge in [0.1, 0.15) is 90.3 Å². The number of para-hydroxylation sites is 2. The number of nitrogens with zero attached hydrogens (tertiary/aromatic N) is 6. The van der Waals surface area contributed by atoms with E-state index in [-0.39, 0.29) is 127 Å². The number of hydrogen-bond donors (Lipinski definition) is 20. The van der Waals surface area contributed by atoms with Crippen molar-refractivity contribution >= 4 is 134 Å². The highest BCUT2D eigenvalue weighted by molar-refractivity contribution is 8.00. The number of aliphatic hydroxyl groups excluding tert-OH is 2. The lowest BCUT2D eigenvalue weighted by Gasteiger charge is -2.38. The molecule has 4 aliphatic heterocycles. The number of phenols is 1. The van der Waals surface area contributed by atoms with Crippen LogP contribution in [-0.2, 0) is 107 Å². The number of hydrogen-bond acceptors (Lipinski definition) is 24. The quantitative estimate of drug-likeness (QED) is 0.0264. The van der Waals surface area contributed by atoms with Gasteiger partial charge in [0.2, 0.25) is 100 Å². The molecule has 0 bridgehead atoms. The number of aromatic nitrogens is 4. The van der Waals surface area contributed by atoms with Gasteiger partial charge in [-0.2, -0.15) is 0 Å². The molecule has 0 radical (unpaired) electrons. The average molecular weight is 1900 g/mol. The first-order chi connectivity index (χ1) is 64.6. The number of benzene rings is 3. The highest BCUT2D eigenvalue weighted by Gasteiger charge is 2.47. The lowest BCUT2D eigenvalue weighted by atomic mass is 10.00. The smallest absolute Gasteiger partial charge is 0.246 e. The first-order valence-corrected chi connectivity index (χ1v) is 46.9. The van der Waals surface area contributed by atoms with E-state index in [1.54, 1.807) is 74.8 Å². The molecule has 17 amide bonds. The Balaban J connectivity index is 1.02. The Bertz CT molecular complexity index is 5190. The molecule has 44 heteroatoms. The van der Waals surface area contributed by atoms with Crippen LogP contribution >= 0.6 is 11.8 Å². The van der Waals surface area contributed by atoms with E-state index in [9.17, 15) is 48.9 Å². The second kappa shape index (κ2) is 49.8. The van der Waals surface area contributed by atoms with E-state index in [2.05, 4.69) is 78.4 Å². The van der Waals surface area contributed by atoms with Crippen LogP contribution in [-0.4, -0.2) is 329 Å². The number of thioether (sulfide) groups is 1. The molecule has 2 unspecified atom stereocenters. The zero-order chi connectivity index (χ0) is 97.9. The highest BCUT2D eigenvalue weighted by Crippen LogP contribution is 2.28. The number of phenolic OH excluding ortho intramolecular Hbond substituents is 1. The molecular weight excluding hydrogens is 1770 g/mol. The lowest BCUT2D eigenvalue weighted by Crippen LogP contribution is -2.65. The van der Waals surface area contributed by atoms with E-state index in [4.69, 9.17) is 17.2 Å². The van der Waals surface area contributed by atoms with Crippen LogP contribution in [0.2, 0.25) is 0 Å². The van der Waals surface area contributed by atoms with Gasteiger partial charge in [-0.05, 0) is 98.4 Å². The number of fused-ring (bicyclic) bond motifs is 5. The fraction of sp³-hybridized carbons (Fsp3) is 0.538. The maximum absolute atomic E-state index is 15.7. The van der Waals surface area contributed by atoms with Crippen molar-refractivity contribution in [3.63, 3.8) is 0 Å². The van der Waals surface area contributed by atoms with Gasteiger partial charge in [0, 0.05) is 125 Å². The predicted octanol–water partition coefficient (Wildman–Crippen LogP) is -3.50. The van der Waals surface area contributed by atoms with E-state index >= 15 is 47.9 Å². The first-order valence-electron chi connectivity index (χ1n) is 45.7. The third-order valence-corrected chi connectivity index (χ3v) is 25.6. The Kier molecular flexibility index (Phi) is 38.4. The monoisotopic (exact) mass is 1890 g/mol. The van der Waals surface area contributed by atoms with Crippen molar-refractivity contribution in [2.75, 3.05) is 78.0 Å². The van der Waals surface area contributed by atoms with Crippen molar-refractivity contribution in [2.24, 2.45) is 23.1 Å². The number of H-pyrrole nitrogens is 3. The van der Waals surface area contributed by atoms with Crippen LogP contribution in [0.25, 0.3) is 21.8 Å². The third-order valence-electron chi connectivity index (χ3n) is 24.5. The van der Waals surface area contributed by atoms with Crippen LogP contribution in [0.4, 0.5) is 0 Å². The van der Waals surface area contributed by atoms with Gasteiger partial charge in [0.05, 0.1) is 43.5 Å². The molecule has 23 N–H and O–H groups in total. The Morgan fingerprint density at radius 3 is 1.70 bits per heavy atom. The van der Waals surface area contributed by atoms with Crippen LogP contribution in [0.3, 0.4) is 0 Å². The largest absolute Gasteiger partial charge is 0.508 e. The van der Waals surface area contributed by atoms with Gasteiger partial charge in [-0.15, -0.1) is 11.8 Å². The number of aliphatic hydroxyl groups is 2. The summed E-state index contributed by atoms with van der Waals surface area (Å²) in [6.45, 7) is 4.53. The molecule has 4 saturated heterocycles. The molecule has 3 aromatic carbocycles. The minimum atomic E-state index is -1.88. The number of carbonyl (C=O) groups excluding carboxylic acids is 17. The zero-order valence-corrected chi connectivity index (χ0v) is 77.5. The summed E-state index contributed by atoms with van der Waals surface area (Å²) in [6.07, 6.45) is 4.11. The molecule has 10 rings (SSSR count). The molecule has 6 aromatic rings. The summed E-state index contributed by atoms with van der Waals surface area (Å²) in [7, 11) is 2.72. The topological polar surface area (TPSA) is 638 Å². The Labute approximate surface area is 784 Å². The van der Waals surface area contributed by atoms with E-state index in [0.29, 0.717) is 64.2 Å². The van der Waals surface area contributed by atoms with E-state index in [0.717, 1.165) is 31.4 Å². The molecular formula is C91H127N23O20S. The average Bonchev–Trinajstić information content (AvgIpc) is 1.43. The molecule has 0 saturated carbocycles. The summed E-state index contributed by atoms with van der Waals surface area (Å²) >= 11 is 0.792. The standard InChI is InChI=1S/C91H127N23O20S/c1-7-9-22-70-83(126)102-61(21-15-29-92)79(122)109-69(78(121)99-44-76(94)119)47-135-48-77(120)101-65(34-51-25-27-55(116)28-26-51)88(131)113-32-30-95-43-74(113)86(129)107-67(39-75(93)118)89(132)112-31-16-24-71(112)84(127)104-63(37-54-42-96-49-100-54)81(124)105-64(33-50(3)4)90(133)114-45-56(117)38-73(114)85(128)103-62(35-52-40-97-59-19-13-11-17-57(52)59)80(123)108-68(46-115)82(125)106-66(36-53-41-98-60-20-14-12-18-58(53)60)87(130)111(6)72(23-10-8-2)91(134)110(70)5/h11-14,17-20,25-28,40-42,49-50,56,61-74,95,97-98,115-117H,7-10,15-16,21-24,29-39,43-48,92H2,1-6H3,(H2,93,118)(H2,94,119)(H,96,100)(H,99,121)(H,101,120)(H,102,126)(H,103,128)(H,104,127)(H,105,124)(H,106,125)(H,107,129)(H,108,123)(H,109,122)/t56-,61+,62-,63-,64+,65+,66+,67-,68+,69-,70-,71+,72-,73?,74?/m1/s1. The van der Waals surface area contributed by atoms with Crippen molar-refractivity contribution < 1.29 is 96.8 Å². The number of aromatic amines is 3. The van der Waals surface area contributed by atoms with E-state index in [1.165, 1.54) is 55.8 Å². The Hall–Kier alpha value is -13.1. The van der Waals surface area contributed by atoms with Crippen molar-refractivity contribution in [3.8, 4) is 5.75 Å². The number of piperazine rings is 1. The van der Waals surface area contributed by atoms with Gasteiger partial charge in [0.15, 0.2) is 0 Å². The van der Waals surface area contributed by atoms with E-state index < -0.39 is 229 Å². The number of amides is 17. The summed E-state index contributed by atoms with van der Waals surface area (Å²) in [5.41, 5.74) is 20.2. The summed E-state index contributed by atoms with van der Waals surface area (Å²) in [5.74, 6) is -17.1. The number of likely N-dealkylation sites (N-methyl/N-ethyl adjacent to an activating group) is 2. The van der Waals surface area contributed by atoms with Crippen LogP contribution in [0, 0.1) is 5.92 Å². The molecule has 15 atom stereocenters. The zero-order valence-electron chi connectivity index (χ0n) is 76.7. The minimum absolute atomic E-state index is 0.00338. The number of unbranched alkanes of at least 4 members (excludes halogenated alkanes) is 2. The summed E-state index contributed by atoms with van der Waals surface area (Å²) < 4.78 is 0. The lowest BCUT2D eigenvalue weighted by molar-refractivity contribution is -0.149. The number of primary amides is 2. The number of aromatic hydroxyl groups is 1. The van der Waals surface area contributed by atoms with Crippen LogP contribution in [0.1, 0.15) is 134 Å². The van der Waals surface area contributed by atoms with Crippen LogP contribution in [0.5, 0.6) is 5.75 Å². The van der Waals surface area contributed by atoms with Crippen LogP contribution < -0.4 is 75.7 Å². The Morgan fingerprint density at radius 2 is 1.09 bits per heavy atom. The molecule has 4 fully saturated rings. The van der Waals surface area contributed by atoms with Crippen molar-refractivity contribution in [1.29, 1.82) is 0 Å². The minimum Gasteiger partial charge on any atom is -0.508 e. The number of rotatable bonds is 25. The van der Waals surface area contributed by atoms with Crippen molar-refractivity contribution in [1.82, 2.24) is 103 Å². The fourth-order valence-corrected chi connectivity index (χ4v) is 18.2. The second-order valence-electron chi connectivity index (χ2n) is 35.0. The Morgan fingerprint density at radius 1 is 0.548 bits per heavy atom. The normalized spacial score (nSPS) is 25.3. The molecule has 0 spiro atoms. The maximum atomic E-state index is 15.7. The van der Waals surface area contributed by atoms with Gasteiger partial charge in [-0.1, -0.05) is 102 Å². The summed E-state index contributed by atoms with van der Waals surface area (Å²) in [5, 5.41) is 64.0. The fourth-order valence-electron chi connectivity index (χ4n) is 17.3. The second-order valence-corrected chi connectivity index (χ2v) is 36.1. The van der Waals surface area contributed by atoms with Crippen molar-refractivity contribution in [3.05, 3.63) is 120 Å². The SMILES string of the molecule is CCCC[C@@H]1C(=O)N(C)[C@H](CCCC)C(=O)N[C@@H](CCCN)C(=O)N[C@@H](C(=O)NCC(N)=O)CSCC(=O)N[C@@H](Cc2ccc(O)cc2)C(=O)N2CCNCC2C(=O)N[C@H](CC(N)=O)C(=O)N2CCC[C@H]2C(=O)N[C@H](Cc2c[nH]cn2)C(=O)N[C@@H](CC(C)C)C(=O)N2C[C@H](O)CC2C(=O)N[C@H](Cc2c[nH]c3ccccc23)C(=O)N[C@@H](CO)C(=O)N[C@@H](Cc2c[nH]c3ccccc23)C(=O)N1C. The first kappa shape index (κ1) is 104. The molecule has 732 valence electrons. The molecule has 0 aliphatic carbocycles. The molecule has 3 aromatic heterocycles. The molecule has 43 nitrogen and oxygen atoms in total. The van der Waals surface area contributed by atoms with Crippen LogP contribution in [0.15, 0.2) is 97.7 Å². The van der Waals surface area contributed by atoms with Gasteiger partial charge in [0.25, 0.3) is 0 Å². The van der Waals surface area contributed by atoms with Gasteiger partial charge in [-0.25, -0.2) is 4.98 Å². The maximum Gasteiger partial charge on any atom is 0.246 e. The summed E-state index contributed by atoms with van der Waals surface area (Å²) in [4.78, 5) is 271. The number of nitrogens with two attached hydrogens (primary N) is 3. The van der Waals surface area contributed by atoms with E-state index in [1.807, 2.05) is 13.8 Å². The highest BCUT2D eigenvalue weighted by atomic mass is 32.2. The molecule has 7 heterocycles. The summed E-state index contributed by atoms with van der Waals surface area (Å²) in [6, 6.07) is -1.81. The van der Waals surface area contributed by atoms with Gasteiger partial charge >= 0.3 is 0 Å². The number of carbonyl (C=O) groups is 17.